The van der Waals surface area contributed by atoms with E-state index in [9.17, 15) is 18.8 Å². The lowest BCUT2D eigenvalue weighted by molar-refractivity contribution is -0.130. The van der Waals surface area contributed by atoms with E-state index in [1.807, 2.05) is 5.43 Å². The van der Waals surface area contributed by atoms with Crippen LogP contribution in [0.15, 0.2) is 15.8 Å². The van der Waals surface area contributed by atoms with E-state index in [0.717, 1.165) is 10.8 Å². The fourth-order valence-corrected chi connectivity index (χ4v) is 1.29. The molecule has 1 rings (SSSR count). The molecule has 0 aliphatic carbocycles. The molecule has 0 unspecified atom stereocenters. The maximum Gasteiger partial charge on any atom is 0.328 e. The van der Waals surface area contributed by atoms with Gasteiger partial charge in [0.1, 0.15) is 0 Å². The van der Waals surface area contributed by atoms with E-state index in [0.29, 0.717) is 0 Å². The SMILES string of the molecule is CC(C)(Cn1cc(F)c(=O)[nH]c1=O)C(=O)NN. The number of nitrogens with one attached hydrogen (secondary N) is 2. The van der Waals surface area contributed by atoms with Crippen LogP contribution >= 0.6 is 0 Å². The summed E-state index contributed by atoms with van der Waals surface area (Å²) in [6.07, 6.45) is 0.757. The number of H-pyrrole nitrogens is 1. The Hall–Kier alpha value is -1.96. The Bertz CT molecular complexity index is 546. The smallest absolute Gasteiger partial charge is 0.297 e. The van der Waals surface area contributed by atoms with Crippen LogP contribution < -0.4 is 22.5 Å². The minimum absolute atomic E-state index is 0.109. The molecule has 0 bridgehead atoms. The van der Waals surface area contributed by atoms with Gasteiger partial charge in [0.25, 0.3) is 5.56 Å². The predicted octanol–water partition coefficient (Wildman–Crippen LogP) is -1.31. The topological polar surface area (TPSA) is 110 Å². The Morgan fingerprint density at radius 1 is 1.59 bits per heavy atom. The number of nitrogens with two attached hydrogens (primary N) is 1. The van der Waals surface area contributed by atoms with Crippen LogP contribution in [0, 0.1) is 11.2 Å². The fourth-order valence-electron chi connectivity index (χ4n) is 1.29. The zero-order valence-electron chi connectivity index (χ0n) is 9.41. The zero-order valence-corrected chi connectivity index (χ0v) is 9.41. The first-order chi connectivity index (χ1) is 7.77. The Balaban J connectivity index is 3.12. The number of amides is 1. The second kappa shape index (κ2) is 4.50. The summed E-state index contributed by atoms with van der Waals surface area (Å²) < 4.78 is 13.9. The second-order valence-electron chi connectivity index (χ2n) is 4.22. The van der Waals surface area contributed by atoms with Crippen molar-refractivity contribution in [3.63, 3.8) is 0 Å². The van der Waals surface area contributed by atoms with Crippen LogP contribution in [0.2, 0.25) is 0 Å². The van der Waals surface area contributed by atoms with Crippen LogP contribution in [0.25, 0.3) is 0 Å². The first-order valence-electron chi connectivity index (χ1n) is 4.78. The average molecular weight is 244 g/mol. The summed E-state index contributed by atoms with van der Waals surface area (Å²) >= 11 is 0. The molecule has 1 aromatic rings. The first-order valence-corrected chi connectivity index (χ1v) is 4.78. The molecule has 8 heteroatoms. The number of nitrogens with zero attached hydrogens (tertiary/aromatic N) is 1. The first kappa shape index (κ1) is 13.1. The second-order valence-corrected chi connectivity index (χ2v) is 4.22. The molecule has 0 spiro atoms. The maximum atomic E-state index is 13.0. The number of hydrazine groups is 1. The van der Waals surface area contributed by atoms with Crippen molar-refractivity contribution in [2.75, 3.05) is 0 Å². The Morgan fingerprint density at radius 2 is 2.18 bits per heavy atom. The standard InChI is InChI=1S/C9H13FN4O3/c1-9(2,7(16)13-11)4-14-3-5(10)6(15)12-8(14)17/h3H,4,11H2,1-2H3,(H,13,16)(H,12,15,17). The quantitative estimate of drug-likeness (QED) is 0.348. The number of rotatable bonds is 3. The normalized spacial score (nSPS) is 11.3. The summed E-state index contributed by atoms with van der Waals surface area (Å²) in [6, 6.07) is 0. The molecule has 0 saturated carbocycles. The van der Waals surface area contributed by atoms with Gasteiger partial charge in [-0.2, -0.15) is 4.39 Å². The van der Waals surface area contributed by atoms with E-state index < -0.39 is 28.4 Å². The molecule has 1 aromatic heterocycles. The molecule has 17 heavy (non-hydrogen) atoms. The summed E-state index contributed by atoms with van der Waals surface area (Å²) in [6.45, 7) is 2.96. The van der Waals surface area contributed by atoms with Gasteiger partial charge in [0.15, 0.2) is 0 Å². The molecule has 0 aliphatic heterocycles. The summed E-state index contributed by atoms with van der Waals surface area (Å²) in [5.74, 6) is 3.39. The van der Waals surface area contributed by atoms with E-state index >= 15 is 0 Å². The Labute approximate surface area is 95.4 Å². The molecule has 0 aliphatic rings. The van der Waals surface area contributed by atoms with Crippen LogP contribution in [-0.4, -0.2) is 15.5 Å². The highest BCUT2D eigenvalue weighted by molar-refractivity contribution is 5.81. The van der Waals surface area contributed by atoms with Crippen LogP contribution in [-0.2, 0) is 11.3 Å². The lowest BCUT2D eigenvalue weighted by Crippen LogP contribution is -2.45. The van der Waals surface area contributed by atoms with Gasteiger partial charge in [-0.15, -0.1) is 0 Å². The number of aromatic nitrogens is 2. The molecule has 1 heterocycles. The third kappa shape index (κ3) is 2.78. The highest BCUT2D eigenvalue weighted by Gasteiger charge is 2.28. The lowest BCUT2D eigenvalue weighted by atomic mass is 9.92. The molecule has 0 saturated heterocycles. The van der Waals surface area contributed by atoms with Gasteiger partial charge in [-0.3, -0.25) is 24.6 Å². The zero-order chi connectivity index (χ0) is 13.2. The molecule has 4 N–H and O–H groups in total. The highest BCUT2D eigenvalue weighted by atomic mass is 19.1. The molecule has 94 valence electrons. The molecule has 0 fully saturated rings. The minimum Gasteiger partial charge on any atom is -0.297 e. The molecule has 0 atom stereocenters. The van der Waals surface area contributed by atoms with Crippen molar-refractivity contribution in [2.45, 2.75) is 20.4 Å². The van der Waals surface area contributed by atoms with Gasteiger partial charge in [-0.05, 0) is 13.8 Å². The molecule has 1 amide bonds. The van der Waals surface area contributed by atoms with E-state index in [4.69, 9.17) is 5.84 Å². The lowest BCUT2D eigenvalue weighted by Gasteiger charge is -2.22. The van der Waals surface area contributed by atoms with Gasteiger partial charge < -0.3 is 0 Å². The van der Waals surface area contributed by atoms with Crippen molar-refractivity contribution in [2.24, 2.45) is 11.3 Å². The van der Waals surface area contributed by atoms with Crippen LogP contribution in [0.3, 0.4) is 0 Å². The molecular formula is C9H13FN4O3. The van der Waals surface area contributed by atoms with Crippen molar-refractivity contribution in [1.29, 1.82) is 0 Å². The number of hydrogen-bond acceptors (Lipinski definition) is 4. The highest BCUT2D eigenvalue weighted by Crippen LogP contribution is 2.16. The van der Waals surface area contributed by atoms with Crippen molar-refractivity contribution < 1.29 is 9.18 Å². The number of carbonyl (C=O) groups excluding carboxylic acids is 1. The summed E-state index contributed by atoms with van der Waals surface area (Å²) in [7, 11) is 0. The van der Waals surface area contributed by atoms with Crippen molar-refractivity contribution in [1.82, 2.24) is 15.0 Å². The minimum atomic E-state index is -1.09. The van der Waals surface area contributed by atoms with Crippen LogP contribution in [0.1, 0.15) is 13.8 Å². The van der Waals surface area contributed by atoms with Crippen molar-refractivity contribution in [3.8, 4) is 0 Å². The Morgan fingerprint density at radius 3 is 2.71 bits per heavy atom. The number of hydrogen-bond donors (Lipinski definition) is 3. The van der Waals surface area contributed by atoms with Crippen molar-refractivity contribution in [3.05, 3.63) is 32.9 Å². The van der Waals surface area contributed by atoms with Crippen LogP contribution in [0.5, 0.6) is 0 Å². The summed E-state index contributed by atoms with van der Waals surface area (Å²) in [5, 5.41) is 0. The van der Waals surface area contributed by atoms with Crippen LogP contribution in [0.4, 0.5) is 4.39 Å². The Kier molecular flexibility index (Phi) is 3.47. The maximum absolute atomic E-state index is 13.0. The number of carbonyl (C=O) groups is 1. The van der Waals surface area contributed by atoms with Gasteiger partial charge >= 0.3 is 5.69 Å². The van der Waals surface area contributed by atoms with Gasteiger partial charge in [0.05, 0.1) is 11.6 Å². The van der Waals surface area contributed by atoms with E-state index in [2.05, 4.69) is 0 Å². The molecule has 0 aromatic carbocycles. The largest absolute Gasteiger partial charge is 0.328 e. The summed E-state index contributed by atoms with van der Waals surface area (Å²) in [5.41, 5.74) is -0.933. The van der Waals surface area contributed by atoms with Gasteiger partial charge in [0.2, 0.25) is 11.7 Å². The summed E-state index contributed by atoms with van der Waals surface area (Å²) in [4.78, 5) is 35.3. The number of aromatic amines is 1. The van der Waals surface area contributed by atoms with Gasteiger partial charge in [0, 0.05) is 6.54 Å². The van der Waals surface area contributed by atoms with Crippen molar-refractivity contribution >= 4 is 5.91 Å². The number of halogens is 1. The van der Waals surface area contributed by atoms with E-state index in [1.165, 1.54) is 13.8 Å². The average Bonchev–Trinajstić information content (AvgIpc) is 2.24. The molecular weight excluding hydrogens is 231 g/mol. The molecule has 7 nitrogen and oxygen atoms in total. The monoisotopic (exact) mass is 244 g/mol. The predicted molar refractivity (Wildman–Crippen MR) is 57.4 cm³/mol. The van der Waals surface area contributed by atoms with Gasteiger partial charge in [-0.1, -0.05) is 0 Å². The van der Waals surface area contributed by atoms with E-state index in [-0.39, 0.29) is 6.54 Å². The van der Waals surface area contributed by atoms with E-state index in [1.54, 1.807) is 4.98 Å². The third-order valence-electron chi connectivity index (χ3n) is 2.28. The fraction of sp³-hybridized carbons (Fsp3) is 0.444. The third-order valence-corrected chi connectivity index (χ3v) is 2.28. The van der Waals surface area contributed by atoms with Gasteiger partial charge in [-0.25, -0.2) is 10.6 Å². The molecule has 0 radical (unpaired) electrons.